The van der Waals surface area contributed by atoms with Gasteiger partial charge in [-0.15, -0.1) is 26.3 Å². The molecule has 0 aromatic heterocycles. The zero-order valence-corrected chi connectivity index (χ0v) is 16.7. The number of aryl methyl sites for hydroxylation is 2. The monoisotopic (exact) mass is 403 g/mol. The predicted octanol–water partition coefficient (Wildman–Crippen LogP) is 5.45. The molecule has 0 radical (unpaired) electrons. The van der Waals surface area contributed by atoms with Crippen molar-refractivity contribution in [2.24, 2.45) is 17.8 Å². The highest BCUT2D eigenvalue weighted by molar-refractivity contribution is 5.30. The highest BCUT2D eigenvalue weighted by Crippen LogP contribution is 2.52. The maximum Gasteiger partial charge on any atom is 0.573 e. The van der Waals surface area contributed by atoms with E-state index >= 15 is 0 Å². The molecule has 1 aliphatic heterocycles. The normalized spacial score (nSPS) is 23.8. The minimum atomic E-state index is -4.66. The summed E-state index contributed by atoms with van der Waals surface area (Å²) >= 11 is 0. The first kappa shape index (κ1) is 20.2. The number of likely N-dealkylation sites (tertiary alicyclic amines) is 1. The summed E-state index contributed by atoms with van der Waals surface area (Å²) in [4.78, 5) is 2.53. The van der Waals surface area contributed by atoms with E-state index in [1.54, 1.807) is 12.1 Å². The van der Waals surface area contributed by atoms with Crippen LogP contribution in [-0.4, -0.2) is 30.9 Å². The van der Waals surface area contributed by atoms with Crippen molar-refractivity contribution >= 4 is 0 Å². The molecule has 2 unspecified atom stereocenters. The van der Waals surface area contributed by atoms with Crippen LogP contribution in [0.2, 0.25) is 0 Å². The van der Waals surface area contributed by atoms with Gasteiger partial charge in [-0.25, -0.2) is 0 Å². The third-order valence-electron chi connectivity index (χ3n) is 5.90. The minimum Gasteiger partial charge on any atom is -0.658 e. The fraction of sp³-hybridized carbons (Fsp3) is 0.478. The number of rotatable bonds is 7. The van der Waals surface area contributed by atoms with E-state index in [2.05, 4.69) is 47.0 Å². The lowest BCUT2D eigenvalue weighted by molar-refractivity contribution is -0.274. The summed E-state index contributed by atoms with van der Waals surface area (Å²) < 4.78 is 41.0. The number of fused-ring (bicyclic) bond motifs is 1. The number of hydrogen-bond donors (Lipinski definition) is 0. The van der Waals surface area contributed by atoms with E-state index < -0.39 is 6.36 Å². The lowest BCUT2D eigenvalue weighted by Crippen LogP contribution is -2.24. The summed E-state index contributed by atoms with van der Waals surface area (Å²) in [6.07, 6.45) is -4.66. The van der Waals surface area contributed by atoms with E-state index in [0.717, 1.165) is 31.7 Å². The average molecular weight is 403 g/mol. The van der Waals surface area contributed by atoms with Crippen LogP contribution in [0.3, 0.4) is 0 Å². The van der Waals surface area contributed by atoms with Crippen molar-refractivity contribution in [1.82, 2.24) is 4.90 Å². The Balaban J connectivity index is 1.20. The Kier molecular flexibility index (Phi) is 5.58. The molecule has 2 aliphatic rings. The van der Waals surface area contributed by atoms with Crippen LogP contribution in [0.5, 0.6) is 5.75 Å². The summed E-state index contributed by atoms with van der Waals surface area (Å²) in [6, 6.07) is 12.8. The highest BCUT2D eigenvalue weighted by atomic mass is 19.4. The third-order valence-corrected chi connectivity index (χ3v) is 5.90. The Hall–Kier alpha value is -2.05. The van der Waals surface area contributed by atoms with Crippen molar-refractivity contribution < 1.29 is 17.9 Å². The number of alkyl halides is 3. The van der Waals surface area contributed by atoms with E-state index in [-0.39, 0.29) is 5.75 Å². The molecule has 6 heteroatoms. The number of benzene rings is 2. The van der Waals surface area contributed by atoms with Crippen LogP contribution in [0.4, 0.5) is 13.2 Å². The van der Waals surface area contributed by atoms with Crippen molar-refractivity contribution in [3.8, 4) is 5.75 Å². The molecule has 2 fully saturated rings. The van der Waals surface area contributed by atoms with Gasteiger partial charge in [0.25, 0.3) is 0 Å². The molecule has 29 heavy (non-hydrogen) atoms. The average Bonchev–Trinajstić information content (AvgIpc) is 3.05. The maximum absolute atomic E-state index is 12.3. The maximum atomic E-state index is 12.3. The molecule has 1 heterocycles. The van der Waals surface area contributed by atoms with Crippen LogP contribution in [0.1, 0.15) is 22.3 Å². The van der Waals surface area contributed by atoms with Crippen LogP contribution in [0, 0.1) is 31.6 Å². The third kappa shape index (κ3) is 5.31. The topological polar surface area (TPSA) is 26.6 Å². The first-order valence-electron chi connectivity index (χ1n) is 10.0. The van der Waals surface area contributed by atoms with Gasteiger partial charge in [-0.1, -0.05) is 52.9 Å². The number of hydrogen-bond acceptors (Lipinski definition) is 2. The van der Waals surface area contributed by atoms with Crippen LogP contribution in [-0.2, 0) is 13.1 Å². The van der Waals surface area contributed by atoms with Crippen molar-refractivity contribution in [3.05, 3.63) is 70.0 Å². The molecule has 2 aromatic rings. The predicted molar refractivity (Wildman–Crippen MR) is 107 cm³/mol. The smallest absolute Gasteiger partial charge is 0.573 e. The van der Waals surface area contributed by atoms with E-state index in [1.165, 1.54) is 28.8 Å². The molecule has 2 aromatic carbocycles. The SMILES string of the molecule is Cc1cc(C)cc(CN2CC3C(C[N-]Cc4cccc(OC(F)(F)F)c4)C3C2)c1. The lowest BCUT2D eigenvalue weighted by atomic mass is 10.1. The largest absolute Gasteiger partial charge is 0.658 e. The lowest BCUT2D eigenvalue weighted by Gasteiger charge is -2.24. The van der Waals surface area contributed by atoms with Gasteiger partial charge in [-0.3, -0.25) is 4.90 Å². The molecule has 0 spiro atoms. The summed E-state index contributed by atoms with van der Waals surface area (Å²) in [6.45, 7) is 8.74. The second-order valence-corrected chi connectivity index (χ2v) is 8.44. The summed E-state index contributed by atoms with van der Waals surface area (Å²) in [5.74, 6) is 1.87. The Labute approximate surface area is 169 Å². The number of ether oxygens (including phenoxy) is 1. The van der Waals surface area contributed by atoms with Gasteiger partial charge in [0.1, 0.15) is 5.75 Å². The Morgan fingerprint density at radius 1 is 1.00 bits per heavy atom. The van der Waals surface area contributed by atoms with E-state index in [9.17, 15) is 13.2 Å². The van der Waals surface area contributed by atoms with Gasteiger partial charge in [-0.05, 0) is 43.4 Å². The van der Waals surface area contributed by atoms with Crippen molar-refractivity contribution in [3.63, 3.8) is 0 Å². The number of piperidine rings is 1. The Morgan fingerprint density at radius 2 is 1.69 bits per heavy atom. The zero-order valence-electron chi connectivity index (χ0n) is 16.7. The fourth-order valence-corrected chi connectivity index (χ4v) is 4.74. The molecule has 2 atom stereocenters. The van der Waals surface area contributed by atoms with E-state index in [4.69, 9.17) is 0 Å². The van der Waals surface area contributed by atoms with Crippen LogP contribution >= 0.6 is 0 Å². The van der Waals surface area contributed by atoms with Crippen molar-refractivity contribution in [2.45, 2.75) is 33.3 Å². The summed E-state index contributed by atoms with van der Waals surface area (Å²) in [7, 11) is 0. The Bertz CT molecular complexity index is 835. The van der Waals surface area contributed by atoms with Gasteiger partial charge in [-0.2, -0.15) is 0 Å². The first-order chi connectivity index (χ1) is 13.8. The molecule has 4 rings (SSSR count). The summed E-state index contributed by atoms with van der Waals surface area (Å²) in [5, 5.41) is 4.60. The van der Waals surface area contributed by atoms with Crippen LogP contribution in [0.25, 0.3) is 5.32 Å². The zero-order chi connectivity index (χ0) is 20.6. The fourth-order valence-electron chi connectivity index (χ4n) is 4.74. The quantitative estimate of drug-likeness (QED) is 0.614. The van der Waals surface area contributed by atoms with Gasteiger partial charge in [0.2, 0.25) is 0 Å². The van der Waals surface area contributed by atoms with E-state index in [0.29, 0.717) is 24.3 Å². The summed E-state index contributed by atoms with van der Waals surface area (Å²) in [5.41, 5.74) is 4.75. The highest BCUT2D eigenvalue weighted by Gasteiger charge is 2.52. The molecule has 3 nitrogen and oxygen atoms in total. The minimum absolute atomic E-state index is 0.185. The van der Waals surface area contributed by atoms with Gasteiger partial charge in [0.05, 0.1) is 0 Å². The molecular formula is C23H26F3N2O-. The van der Waals surface area contributed by atoms with Crippen molar-refractivity contribution in [1.29, 1.82) is 0 Å². The molecular weight excluding hydrogens is 377 g/mol. The van der Waals surface area contributed by atoms with Gasteiger partial charge in [0.15, 0.2) is 0 Å². The molecule has 1 saturated heterocycles. The van der Waals surface area contributed by atoms with Gasteiger partial charge in [0, 0.05) is 19.6 Å². The van der Waals surface area contributed by atoms with Crippen LogP contribution in [0.15, 0.2) is 42.5 Å². The molecule has 1 aliphatic carbocycles. The standard InChI is InChI=1S/C23H26F3N2O/c1-15-6-16(2)8-18(7-15)12-28-13-21-20(22(21)14-28)11-27-10-17-4-3-5-19(9-17)29-23(24,25)26/h3-9,20-22H,10-14H2,1-2H3/q-1. The number of nitrogens with zero attached hydrogens (tertiary/aromatic N) is 2. The van der Waals surface area contributed by atoms with Crippen LogP contribution < -0.4 is 4.74 Å². The molecule has 0 N–H and O–H groups in total. The second kappa shape index (κ2) is 8.00. The van der Waals surface area contributed by atoms with E-state index in [1.807, 2.05) is 0 Å². The van der Waals surface area contributed by atoms with Crippen molar-refractivity contribution in [2.75, 3.05) is 19.6 Å². The second-order valence-electron chi connectivity index (χ2n) is 8.44. The molecule has 0 bridgehead atoms. The molecule has 156 valence electrons. The first-order valence-corrected chi connectivity index (χ1v) is 10.0. The van der Waals surface area contributed by atoms with Gasteiger partial charge >= 0.3 is 6.36 Å². The molecule has 0 amide bonds. The Morgan fingerprint density at radius 3 is 2.34 bits per heavy atom. The van der Waals surface area contributed by atoms with Gasteiger partial charge < -0.3 is 10.1 Å². The number of halogens is 3. The molecule has 1 saturated carbocycles.